The summed E-state index contributed by atoms with van der Waals surface area (Å²) < 4.78 is 22.4. The fourth-order valence-corrected chi connectivity index (χ4v) is 6.51. The van der Waals surface area contributed by atoms with Crippen molar-refractivity contribution < 1.29 is 28.6 Å². The summed E-state index contributed by atoms with van der Waals surface area (Å²) in [7, 11) is 0. The second-order valence-corrected chi connectivity index (χ2v) is 12.3. The van der Waals surface area contributed by atoms with Crippen molar-refractivity contribution in [3.05, 3.63) is 87.9 Å². The highest BCUT2D eigenvalue weighted by atomic mass is 35.5. The molecule has 1 aliphatic rings. The van der Waals surface area contributed by atoms with Crippen LogP contribution in [0, 0.1) is 12.7 Å². The minimum atomic E-state index is -1.21. The number of carbonyl (C=O) groups is 3. The first-order valence-electron chi connectivity index (χ1n) is 14.3. The Hall–Kier alpha value is -4.26. The highest BCUT2D eigenvalue weighted by Gasteiger charge is 2.25. The van der Waals surface area contributed by atoms with E-state index in [0.717, 1.165) is 39.1 Å². The maximum Gasteiger partial charge on any atom is 0.323 e. The van der Waals surface area contributed by atoms with Gasteiger partial charge in [0.15, 0.2) is 0 Å². The second kappa shape index (κ2) is 14.9. The molecule has 0 bridgehead atoms. The van der Waals surface area contributed by atoms with Crippen molar-refractivity contribution in [2.24, 2.45) is 0 Å². The van der Waals surface area contributed by atoms with E-state index in [0.29, 0.717) is 36.8 Å². The van der Waals surface area contributed by atoms with Gasteiger partial charge in [-0.2, -0.15) is 5.10 Å². The summed E-state index contributed by atoms with van der Waals surface area (Å²) in [6, 6.07) is 13.0. The number of carbonyl (C=O) groups excluding carboxylic acids is 2. The molecule has 240 valence electrons. The van der Waals surface area contributed by atoms with Gasteiger partial charge in [-0.15, -0.1) is 11.8 Å². The van der Waals surface area contributed by atoms with E-state index in [-0.39, 0.29) is 28.7 Å². The number of rotatable bonds is 11. The lowest BCUT2D eigenvalue weighted by molar-refractivity contribution is -0.135. The highest BCUT2D eigenvalue weighted by molar-refractivity contribution is 7.99. The number of amides is 3. The molecule has 5 rings (SSSR count). The van der Waals surface area contributed by atoms with E-state index in [4.69, 9.17) is 33.0 Å². The van der Waals surface area contributed by atoms with Crippen molar-refractivity contribution in [3.8, 4) is 16.9 Å². The van der Waals surface area contributed by atoms with Crippen molar-refractivity contribution in [2.75, 3.05) is 35.7 Å². The van der Waals surface area contributed by atoms with Gasteiger partial charge < -0.3 is 25.4 Å². The molecule has 1 aromatic heterocycles. The van der Waals surface area contributed by atoms with Gasteiger partial charge in [0.05, 0.1) is 30.1 Å². The minimum Gasteiger partial charge on any atom is -0.493 e. The Morgan fingerprint density at radius 1 is 1.13 bits per heavy atom. The van der Waals surface area contributed by atoms with Crippen LogP contribution in [0.15, 0.2) is 65.8 Å². The highest BCUT2D eigenvalue weighted by Crippen LogP contribution is 2.42. The normalized spacial score (nSPS) is 12.4. The third-order valence-electron chi connectivity index (χ3n) is 7.22. The number of hydrogen-bond acceptors (Lipinski definition) is 6. The van der Waals surface area contributed by atoms with Crippen LogP contribution in [0.3, 0.4) is 0 Å². The number of nitrogens with zero attached hydrogens (tertiary/aromatic N) is 3. The van der Waals surface area contributed by atoms with Crippen LogP contribution in [0.2, 0.25) is 10.0 Å². The standard InChI is InChI=1S/C32H30Cl2FN5O5S/c1-19-24(33)6-3-8-28(19)45-11-4-9-29(41)40-10-12-46-31-22(5-2-7-27(31)40)20-15-37-39(17-20)18-23-25(34)13-21(14-26(23)35)38-32(44)36-16-30(42)43/h2-3,5-8,13-15,17H,4,9-12,16,18H2,1H3,(H,42,43)(H2,36,38,44). The molecule has 0 saturated heterocycles. The van der Waals surface area contributed by atoms with Gasteiger partial charge in [0.1, 0.15) is 18.1 Å². The molecule has 3 N–H and O–H groups in total. The molecule has 0 aliphatic carbocycles. The summed E-state index contributed by atoms with van der Waals surface area (Å²) in [6.45, 7) is 2.33. The number of aromatic nitrogens is 2. The Kier molecular flexibility index (Phi) is 10.7. The largest absolute Gasteiger partial charge is 0.493 e. The fraction of sp³-hybridized carbons (Fsp3) is 0.250. The number of urea groups is 1. The number of nitrogens with one attached hydrogen (secondary N) is 2. The van der Waals surface area contributed by atoms with Crippen molar-refractivity contribution in [3.63, 3.8) is 0 Å². The van der Waals surface area contributed by atoms with E-state index in [1.54, 1.807) is 28.8 Å². The maximum atomic E-state index is 15.0. The van der Waals surface area contributed by atoms with Gasteiger partial charge in [0.25, 0.3) is 0 Å². The number of halogens is 3. The Labute approximate surface area is 278 Å². The molecule has 0 unspecified atom stereocenters. The molecule has 0 saturated carbocycles. The van der Waals surface area contributed by atoms with Crippen LogP contribution in [0.1, 0.15) is 24.0 Å². The number of carboxylic acid groups (broad SMARTS) is 1. The van der Waals surface area contributed by atoms with Crippen LogP contribution in [0.25, 0.3) is 11.1 Å². The van der Waals surface area contributed by atoms with Crippen LogP contribution in [0.5, 0.6) is 5.75 Å². The predicted octanol–water partition coefficient (Wildman–Crippen LogP) is 6.86. The molecule has 46 heavy (non-hydrogen) atoms. The number of aliphatic carboxylic acids is 1. The molecule has 14 heteroatoms. The van der Waals surface area contributed by atoms with Gasteiger partial charge in [-0.3, -0.25) is 14.3 Å². The van der Waals surface area contributed by atoms with E-state index in [9.17, 15) is 14.4 Å². The number of carboxylic acids is 1. The summed E-state index contributed by atoms with van der Waals surface area (Å²) in [5, 5.41) is 18.3. The molecule has 0 atom stereocenters. The molecule has 2 heterocycles. The number of hydrogen-bond donors (Lipinski definition) is 3. The third kappa shape index (κ3) is 7.93. The summed E-state index contributed by atoms with van der Waals surface area (Å²) in [4.78, 5) is 38.5. The zero-order chi connectivity index (χ0) is 32.8. The van der Waals surface area contributed by atoms with Gasteiger partial charge in [0, 0.05) is 62.8 Å². The first-order chi connectivity index (χ1) is 22.1. The number of thioether (sulfide) groups is 1. The summed E-state index contributed by atoms with van der Waals surface area (Å²) >= 11 is 14.2. The average molecular weight is 687 g/mol. The molecule has 0 radical (unpaired) electrons. The molecule has 3 amide bonds. The Bertz CT molecular complexity index is 1760. The van der Waals surface area contributed by atoms with Gasteiger partial charge in [-0.25, -0.2) is 9.18 Å². The zero-order valence-corrected chi connectivity index (χ0v) is 27.0. The van der Waals surface area contributed by atoms with Crippen LogP contribution >= 0.6 is 35.0 Å². The quantitative estimate of drug-likeness (QED) is 0.147. The first kappa shape index (κ1) is 33.1. The van der Waals surface area contributed by atoms with E-state index in [2.05, 4.69) is 15.7 Å². The fourth-order valence-electron chi connectivity index (χ4n) is 4.93. The summed E-state index contributed by atoms with van der Waals surface area (Å²) in [6.07, 6.45) is 4.36. The van der Waals surface area contributed by atoms with Gasteiger partial charge in [0.2, 0.25) is 5.91 Å². The first-order valence-corrected chi connectivity index (χ1v) is 16.1. The molecule has 3 aromatic carbocycles. The molecule has 0 spiro atoms. The Morgan fingerprint density at radius 2 is 1.93 bits per heavy atom. The number of fused-ring (bicyclic) bond motifs is 1. The van der Waals surface area contributed by atoms with E-state index >= 15 is 4.39 Å². The smallest absolute Gasteiger partial charge is 0.323 e. The minimum absolute atomic E-state index is 0.0169. The zero-order valence-electron chi connectivity index (χ0n) is 24.7. The molecular weight excluding hydrogens is 656 g/mol. The third-order valence-corrected chi connectivity index (χ3v) is 9.07. The van der Waals surface area contributed by atoms with E-state index in [1.165, 1.54) is 6.07 Å². The molecule has 1 aliphatic heterocycles. The monoisotopic (exact) mass is 685 g/mol. The molecular formula is C32H30Cl2FN5O5S. The molecule has 0 fully saturated rings. The van der Waals surface area contributed by atoms with Gasteiger partial charge >= 0.3 is 12.0 Å². The van der Waals surface area contributed by atoms with Crippen LogP contribution < -0.4 is 20.3 Å². The lowest BCUT2D eigenvalue weighted by Gasteiger charge is -2.30. The number of ether oxygens (including phenoxy) is 1. The Morgan fingerprint density at radius 3 is 2.72 bits per heavy atom. The number of anilines is 2. The lowest BCUT2D eigenvalue weighted by Crippen LogP contribution is -2.35. The van der Waals surface area contributed by atoms with E-state index < -0.39 is 24.4 Å². The average Bonchev–Trinajstić information content (AvgIpc) is 3.50. The van der Waals surface area contributed by atoms with Crippen LogP contribution in [0.4, 0.5) is 20.6 Å². The second-order valence-electron chi connectivity index (χ2n) is 10.4. The Balaban J connectivity index is 1.24. The van der Waals surface area contributed by atoms with Crippen LogP contribution in [-0.2, 0) is 16.1 Å². The van der Waals surface area contributed by atoms with Gasteiger partial charge in [-0.05, 0) is 43.7 Å². The number of benzene rings is 3. The SMILES string of the molecule is Cc1c(Cl)cccc1OCCCC(=O)N1CCSc2c(-c3cnn(Cc4c(F)cc(NC(=O)NCC(=O)O)cc4Cl)c3)cccc21. The lowest BCUT2D eigenvalue weighted by atomic mass is 10.1. The summed E-state index contributed by atoms with van der Waals surface area (Å²) in [5.41, 5.74) is 3.66. The van der Waals surface area contributed by atoms with E-state index in [1.807, 2.05) is 48.2 Å². The van der Waals surface area contributed by atoms with Crippen LogP contribution in [-0.4, -0.2) is 58.2 Å². The topological polar surface area (TPSA) is 126 Å². The van der Waals surface area contributed by atoms with Crippen molar-refractivity contribution in [1.82, 2.24) is 15.1 Å². The maximum absolute atomic E-state index is 15.0. The van der Waals surface area contributed by atoms with Crippen molar-refractivity contribution in [1.29, 1.82) is 0 Å². The summed E-state index contributed by atoms with van der Waals surface area (Å²) in [5.74, 6) is -0.410. The van der Waals surface area contributed by atoms with Gasteiger partial charge in [-0.1, -0.05) is 41.4 Å². The molecule has 4 aromatic rings. The van der Waals surface area contributed by atoms with Crippen molar-refractivity contribution >= 4 is 64.2 Å². The molecule has 10 nitrogen and oxygen atoms in total. The van der Waals surface area contributed by atoms with Crippen molar-refractivity contribution in [2.45, 2.75) is 31.2 Å². The predicted molar refractivity (Wildman–Crippen MR) is 177 cm³/mol.